The Morgan fingerprint density at radius 2 is 1.56 bits per heavy atom. The van der Waals surface area contributed by atoms with Crippen LogP contribution in [0.15, 0.2) is 71.2 Å². The Morgan fingerprint density at radius 1 is 0.889 bits per heavy atom. The van der Waals surface area contributed by atoms with Gasteiger partial charge in [0.15, 0.2) is 12.4 Å². The highest BCUT2D eigenvalue weighted by molar-refractivity contribution is 9.10. The molecule has 0 fully saturated rings. The molecule has 2 amide bonds. The minimum Gasteiger partial charge on any atom is -0.454 e. The van der Waals surface area contributed by atoms with E-state index < -0.39 is 24.4 Å². The van der Waals surface area contributed by atoms with Crippen LogP contribution in [0.25, 0.3) is 10.9 Å². The number of benzene rings is 3. The number of aromatic nitrogens is 1. The van der Waals surface area contributed by atoms with Gasteiger partial charge >= 0.3 is 5.97 Å². The van der Waals surface area contributed by atoms with Crippen molar-refractivity contribution in [2.24, 2.45) is 0 Å². The first kappa shape index (κ1) is 23.6. The number of carbonyl (C=O) groups excluding carboxylic acids is 4. The molecule has 0 unspecified atom stereocenters. The van der Waals surface area contributed by atoms with Crippen molar-refractivity contribution in [3.05, 3.63) is 105 Å². The Labute approximate surface area is 214 Å². The number of ether oxygens (including phenoxy) is 1. The van der Waals surface area contributed by atoms with E-state index in [-0.39, 0.29) is 22.6 Å². The summed E-state index contributed by atoms with van der Waals surface area (Å²) in [6, 6.07) is 18.5. The zero-order chi connectivity index (χ0) is 25.6. The van der Waals surface area contributed by atoms with Gasteiger partial charge < -0.3 is 4.74 Å². The number of fused-ring (bicyclic) bond motifs is 3. The number of ketones is 1. The van der Waals surface area contributed by atoms with Gasteiger partial charge in [-0.3, -0.25) is 19.4 Å². The lowest BCUT2D eigenvalue weighted by atomic mass is 10.0. The molecular weight excluding hydrogens is 524 g/mol. The van der Waals surface area contributed by atoms with Crippen molar-refractivity contribution in [1.82, 2.24) is 4.98 Å². The highest BCUT2D eigenvalue weighted by atomic mass is 79.9. The highest BCUT2D eigenvalue weighted by Crippen LogP contribution is 2.36. The summed E-state index contributed by atoms with van der Waals surface area (Å²) in [5.41, 5.74) is 3.08. The first-order chi connectivity index (χ1) is 17.3. The number of amides is 2. The number of nitrogens with zero attached hydrogens (tertiary/aromatic N) is 2. The number of esters is 1. The van der Waals surface area contributed by atoms with Gasteiger partial charge in [-0.25, -0.2) is 9.69 Å². The van der Waals surface area contributed by atoms with Crippen LogP contribution in [0.3, 0.4) is 0 Å². The van der Waals surface area contributed by atoms with Gasteiger partial charge in [0.2, 0.25) is 0 Å². The van der Waals surface area contributed by atoms with E-state index in [1.165, 1.54) is 12.1 Å². The molecule has 1 aromatic heterocycles. The van der Waals surface area contributed by atoms with Crippen LogP contribution in [0, 0.1) is 13.8 Å². The number of carbonyl (C=O) groups is 4. The molecule has 7 nitrogen and oxygen atoms in total. The molecule has 8 heteroatoms. The number of pyridine rings is 1. The molecule has 2 heterocycles. The van der Waals surface area contributed by atoms with Gasteiger partial charge in [0.25, 0.3) is 11.8 Å². The summed E-state index contributed by atoms with van der Waals surface area (Å²) in [5.74, 6) is -2.06. The van der Waals surface area contributed by atoms with Crippen LogP contribution in [0.4, 0.5) is 5.69 Å². The molecular formula is C28H19BrN2O5. The number of hydrogen-bond donors (Lipinski definition) is 0. The first-order valence-electron chi connectivity index (χ1n) is 11.1. The van der Waals surface area contributed by atoms with Crippen molar-refractivity contribution < 1.29 is 23.9 Å². The second-order valence-corrected chi connectivity index (χ2v) is 9.33. The molecule has 0 atom stereocenters. The Morgan fingerprint density at radius 3 is 2.31 bits per heavy atom. The number of Topliss-reactive ketones (excluding diaryl/α,β-unsaturated/α-hetero) is 1. The second kappa shape index (κ2) is 9.13. The van der Waals surface area contributed by atoms with E-state index in [9.17, 15) is 19.2 Å². The third kappa shape index (κ3) is 3.99. The Kier molecular flexibility index (Phi) is 5.97. The van der Waals surface area contributed by atoms with Crippen molar-refractivity contribution in [3.8, 4) is 0 Å². The van der Waals surface area contributed by atoms with E-state index >= 15 is 0 Å². The molecule has 4 aromatic rings. The molecule has 0 bridgehead atoms. The van der Waals surface area contributed by atoms with Gasteiger partial charge in [0.1, 0.15) is 0 Å². The quantitative estimate of drug-likeness (QED) is 0.189. The van der Waals surface area contributed by atoms with Crippen LogP contribution in [0.5, 0.6) is 0 Å². The molecule has 0 spiro atoms. The van der Waals surface area contributed by atoms with E-state index in [0.717, 1.165) is 9.37 Å². The second-order valence-electron chi connectivity index (χ2n) is 8.42. The van der Waals surface area contributed by atoms with Gasteiger partial charge in [0.05, 0.1) is 33.6 Å². The minimum absolute atomic E-state index is 0.121. The first-order valence-corrected chi connectivity index (χ1v) is 11.9. The SMILES string of the molecule is Cc1ccc(C(=O)OCC(=O)c2ccc(Br)cc2)cc1N1C(=O)c2c(C)nc3ccccc3c2C1=O. The molecule has 0 saturated carbocycles. The van der Waals surface area contributed by atoms with E-state index in [1.54, 1.807) is 62.4 Å². The zero-order valence-corrected chi connectivity index (χ0v) is 21.0. The van der Waals surface area contributed by atoms with Gasteiger partial charge in [-0.05, 0) is 49.7 Å². The van der Waals surface area contributed by atoms with E-state index in [4.69, 9.17) is 4.74 Å². The van der Waals surface area contributed by atoms with Crippen LogP contribution >= 0.6 is 15.9 Å². The number of para-hydroxylation sites is 1. The maximum absolute atomic E-state index is 13.5. The predicted molar refractivity (Wildman–Crippen MR) is 138 cm³/mol. The van der Waals surface area contributed by atoms with Gasteiger partial charge in [-0.15, -0.1) is 0 Å². The number of rotatable bonds is 5. The third-order valence-corrected chi connectivity index (χ3v) is 6.62. The maximum atomic E-state index is 13.5. The fourth-order valence-corrected chi connectivity index (χ4v) is 4.53. The molecule has 0 N–H and O–H groups in total. The van der Waals surface area contributed by atoms with E-state index in [1.807, 2.05) is 6.07 Å². The summed E-state index contributed by atoms with van der Waals surface area (Å²) in [6.45, 7) is 3.00. The van der Waals surface area contributed by atoms with E-state index in [0.29, 0.717) is 33.3 Å². The molecule has 0 radical (unpaired) electrons. The summed E-state index contributed by atoms with van der Waals surface area (Å²) >= 11 is 3.31. The monoisotopic (exact) mass is 542 g/mol. The van der Waals surface area contributed by atoms with Crippen LogP contribution in [0.1, 0.15) is 52.7 Å². The topological polar surface area (TPSA) is 93.6 Å². The standard InChI is InChI=1S/C28H19BrN2O5/c1-15-7-8-18(28(35)36-14-23(32)17-9-11-19(29)12-10-17)13-22(15)31-26(33)24-16(2)30-21-6-4-3-5-20(21)25(24)27(31)34/h3-13H,14H2,1-2H3. The predicted octanol–water partition coefficient (Wildman–Crippen LogP) is 5.45. The number of halogens is 1. The lowest BCUT2D eigenvalue weighted by Crippen LogP contribution is -2.30. The largest absolute Gasteiger partial charge is 0.454 e. The molecule has 5 rings (SSSR count). The van der Waals surface area contributed by atoms with E-state index in [2.05, 4.69) is 20.9 Å². The van der Waals surface area contributed by atoms with Gasteiger partial charge in [0, 0.05) is 15.4 Å². The van der Waals surface area contributed by atoms with Gasteiger partial charge in [-0.2, -0.15) is 0 Å². The van der Waals surface area contributed by atoms with Gasteiger partial charge in [-0.1, -0.05) is 52.3 Å². The van der Waals surface area contributed by atoms with Crippen molar-refractivity contribution in [2.75, 3.05) is 11.5 Å². The average Bonchev–Trinajstić information content (AvgIpc) is 3.14. The summed E-state index contributed by atoms with van der Waals surface area (Å²) in [6.07, 6.45) is 0. The number of aryl methyl sites for hydroxylation is 2. The summed E-state index contributed by atoms with van der Waals surface area (Å²) < 4.78 is 6.05. The summed E-state index contributed by atoms with van der Waals surface area (Å²) in [7, 11) is 0. The fraction of sp³-hybridized carbons (Fsp3) is 0.107. The minimum atomic E-state index is -0.735. The fourth-order valence-electron chi connectivity index (χ4n) is 4.26. The Balaban J connectivity index is 1.43. The third-order valence-electron chi connectivity index (χ3n) is 6.09. The number of anilines is 1. The smallest absolute Gasteiger partial charge is 0.338 e. The lowest BCUT2D eigenvalue weighted by molar-refractivity contribution is 0.0474. The van der Waals surface area contributed by atoms with Crippen LogP contribution in [-0.2, 0) is 4.74 Å². The number of imide groups is 1. The molecule has 178 valence electrons. The summed E-state index contributed by atoms with van der Waals surface area (Å²) in [5, 5.41) is 0.596. The Bertz CT molecular complexity index is 1590. The normalized spacial score (nSPS) is 12.7. The van der Waals surface area contributed by atoms with Crippen LogP contribution in [-0.4, -0.2) is 35.2 Å². The molecule has 1 aliphatic rings. The maximum Gasteiger partial charge on any atom is 0.338 e. The molecule has 0 aliphatic carbocycles. The highest BCUT2D eigenvalue weighted by Gasteiger charge is 2.40. The lowest BCUT2D eigenvalue weighted by Gasteiger charge is -2.17. The average molecular weight is 543 g/mol. The zero-order valence-electron chi connectivity index (χ0n) is 19.4. The number of hydrogen-bond acceptors (Lipinski definition) is 6. The molecule has 1 aliphatic heterocycles. The molecule has 0 saturated heterocycles. The van der Waals surface area contributed by atoms with Crippen molar-refractivity contribution in [3.63, 3.8) is 0 Å². The molecule has 3 aromatic carbocycles. The molecule has 36 heavy (non-hydrogen) atoms. The Hall–Kier alpha value is -4.17. The van der Waals surface area contributed by atoms with Crippen molar-refractivity contribution in [2.45, 2.75) is 13.8 Å². The van der Waals surface area contributed by atoms with Crippen LogP contribution < -0.4 is 4.90 Å². The summed E-state index contributed by atoms with van der Waals surface area (Å²) in [4.78, 5) is 57.6. The van der Waals surface area contributed by atoms with Crippen molar-refractivity contribution >= 4 is 56.1 Å². The van der Waals surface area contributed by atoms with Crippen LogP contribution in [0.2, 0.25) is 0 Å². The van der Waals surface area contributed by atoms with Crippen molar-refractivity contribution in [1.29, 1.82) is 0 Å².